The van der Waals surface area contributed by atoms with Crippen molar-refractivity contribution in [3.63, 3.8) is 0 Å². The zero-order valence-corrected chi connectivity index (χ0v) is 8.03. The Bertz CT molecular complexity index is 220. The van der Waals surface area contributed by atoms with Gasteiger partial charge in [-0.2, -0.15) is 0 Å². The van der Waals surface area contributed by atoms with Crippen LogP contribution in [-0.4, -0.2) is 13.7 Å². The number of hydrogen-bond acceptors (Lipinski definition) is 0. The molecule has 0 aliphatic carbocycles. The fourth-order valence-electron chi connectivity index (χ4n) is 0.685. The van der Waals surface area contributed by atoms with Crippen LogP contribution in [0.2, 0.25) is 0 Å². The fraction of sp³-hybridized carbons (Fsp3) is 0.143. The van der Waals surface area contributed by atoms with Gasteiger partial charge in [-0.25, -0.2) is 4.39 Å². The van der Waals surface area contributed by atoms with Gasteiger partial charge >= 0.3 is 0 Å². The minimum Gasteiger partial charge on any atom is -0.213 e. The maximum atomic E-state index is 12.6. The molecular weight excluding hydrogens is 202 g/mol. The van der Waals surface area contributed by atoms with E-state index in [-0.39, 0.29) is 9.52 Å². The van der Waals surface area contributed by atoms with Crippen LogP contribution in [0, 0.1) is 0 Å². The number of alkyl halides is 3. The molecule has 0 saturated heterocycles. The number of hydrogen-bond donors (Lipinski definition) is 0. The third kappa shape index (κ3) is 3.75. The summed E-state index contributed by atoms with van der Waals surface area (Å²) in [7, 11) is -0.222. The lowest BCUT2D eigenvalue weighted by molar-refractivity contribution is 0.503. The highest BCUT2D eigenvalue weighted by molar-refractivity contribution is 6.78. The highest BCUT2D eigenvalue weighted by Crippen LogP contribution is 2.19. The van der Waals surface area contributed by atoms with E-state index in [0.717, 1.165) is 5.19 Å². The van der Waals surface area contributed by atoms with Crippen LogP contribution in [0.15, 0.2) is 30.3 Å². The lowest BCUT2D eigenvalue weighted by Crippen LogP contribution is -2.27. The molecule has 11 heavy (non-hydrogen) atoms. The van der Waals surface area contributed by atoms with Crippen LogP contribution in [0.3, 0.4) is 0 Å². The monoisotopic (exact) mass is 206 g/mol. The molecule has 0 amide bonds. The molecule has 0 saturated carbocycles. The summed E-state index contributed by atoms with van der Waals surface area (Å²) in [5.41, 5.74) is 0. The van der Waals surface area contributed by atoms with Crippen molar-refractivity contribution in [1.29, 1.82) is 0 Å². The van der Waals surface area contributed by atoms with Crippen molar-refractivity contribution >= 4 is 37.9 Å². The number of halogens is 3. The molecule has 1 aromatic rings. The van der Waals surface area contributed by atoms with Crippen molar-refractivity contribution in [2.75, 3.05) is 0 Å². The predicted molar refractivity (Wildman–Crippen MR) is 47.4 cm³/mol. The molecule has 0 unspecified atom stereocenters. The van der Waals surface area contributed by atoms with Crippen molar-refractivity contribution in [2.45, 2.75) is 4.21 Å². The molecule has 0 N–H and O–H groups in total. The lowest BCUT2D eigenvalue weighted by Gasteiger charge is -2.06. The Labute approximate surface area is 77.1 Å². The van der Waals surface area contributed by atoms with E-state index in [1.807, 2.05) is 18.2 Å². The summed E-state index contributed by atoms with van der Waals surface area (Å²) >= 11 is 10.4. The molecule has 0 aromatic heterocycles. The lowest BCUT2D eigenvalue weighted by atomic mass is 10.4. The molecule has 0 aliphatic rings. The Balaban J connectivity index is 2.66. The van der Waals surface area contributed by atoms with Gasteiger partial charge in [-0.05, 0) is 0 Å². The van der Waals surface area contributed by atoms with Crippen molar-refractivity contribution < 1.29 is 4.39 Å². The first-order chi connectivity index (χ1) is 5.08. The van der Waals surface area contributed by atoms with Gasteiger partial charge in [-0.1, -0.05) is 58.7 Å². The third-order valence-corrected chi connectivity index (χ3v) is 2.53. The number of benzene rings is 1. The molecule has 0 spiro atoms. The Morgan fingerprint density at radius 1 is 1.18 bits per heavy atom. The van der Waals surface area contributed by atoms with Crippen LogP contribution in [0.25, 0.3) is 0 Å². The van der Waals surface area contributed by atoms with Gasteiger partial charge < -0.3 is 0 Å². The molecule has 2 radical (unpaired) electrons. The average Bonchev–Trinajstić information content (AvgIpc) is 1.85. The minimum atomic E-state index is -2.12. The van der Waals surface area contributed by atoms with E-state index in [4.69, 9.17) is 23.2 Å². The van der Waals surface area contributed by atoms with Gasteiger partial charge in [0.15, 0.2) is 9.52 Å². The van der Waals surface area contributed by atoms with E-state index in [1.54, 1.807) is 12.1 Å². The Hall–Kier alpha value is -0.0531. The zero-order valence-electron chi connectivity index (χ0n) is 5.52. The van der Waals surface area contributed by atoms with Gasteiger partial charge in [0.1, 0.15) is 0 Å². The quantitative estimate of drug-likeness (QED) is 0.514. The first kappa shape index (κ1) is 9.04. The van der Waals surface area contributed by atoms with E-state index in [2.05, 4.69) is 0 Å². The SMILES string of the molecule is FC(Cl)(Cl)[Si]c1ccccc1. The Kier molecular flexibility index (Phi) is 2.93. The molecule has 1 aromatic carbocycles. The summed E-state index contributed by atoms with van der Waals surface area (Å²) in [5.74, 6) is 0. The zero-order chi connectivity index (χ0) is 8.32. The van der Waals surface area contributed by atoms with Crippen molar-refractivity contribution in [2.24, 2.45) is 0 Å². The van der Waals surface area contributed by atoms with Crippen molar-refractivity contribution in [3.8, 4) is 0 Å². The molecule has 4 heteroatoms. The second-order valence-electron chi connectivity index (χ2n) is 1.99. The predicted octanol–water partition coefficient (Wildman–Crippen LogP) is 2.07. The standard InChI is InChI=1S/C7H5Cl2FSi/c8-7(9,10)11-6-4-2-1-3-5-6/h1-5H. The third-order valence-electron chi connectivity index (χ3n) is 1.06. The molecule has 0 atom stereocenters. The molecule has 1 rings (SSSR count). The molecule has 0 bridgehead atoms. The van der Waals surface area contributed by atoms with E-state index in [1.165, 1.54) is 0 Å². The van der Waals surface area contributed by atoms with Crippen LogP contribution in [0.5, 0.6) is 0 Å². The topological polar surface area (TPSA) is 0 Å². The van der Waals surface area contributed by atoms with Gasteiger partial charge in [0.05, 0.1) is 0 Å². The van der Waals surface area contributed by atoms with E-state index < -0.39 is 4.21 Å². The first-order valence-electron chi connectivity index (χ1n) is 2.98. The maximum absolute atomic E-state index is 12.6. The minimum absolute atomic E-state index is 0.222. The second-order valence-corrected chi connectivity index (χ2v) is 5.37. The van der Waals surface area contributed by atoms with Crippen LogP contribution >= 0.6 is 23.2 Å². The number of rotatable bonds is 2. The summed E-state index contributed by atoms with van der Waals surface area (Å²) in [5, 5.41) is 0.819. The smallest absolute Gasteiger partial charge is 0.213 e. The molecule has 58 valence electrons. The van der Waals surface area contributed by atoms with E-state index >= 15 is 0 Å². The molecular formula is C7H5Cl2FSi. The Morgan fingerprint density at radius 2 is 1.73 bits per heavy atom. The largest absolute Gasteiger partial charge is 0.239 e. The van der Waals surface area contributed by atoms with Gasteiger partial charge in [0, 0.05) is 0 Å². The van der Waals surface area contributed by atoms with Gasteiger partial charge in [0.2, 0.25) is 4.21 Å². The summed E-state index contributed by atoms with van der Waals surface area (Å²) in [6.45, 7) is 0. The summed E-state index contributed by atoms with van der Waals surface area (Å²) in [6, 6.07) is 9.08. The van der Waals surface area contributed by atoms with Crippen molar-refractivity contribution in [3.05, 3.63) is 30.3 Å². The fourth-order valence-corrected chi connectivity index (χ4v) is 2.03. The first-order valence-corrected chi connectivity index (χ1v) is 4.73. The van der Waals surface area contributed by atoms with Crippen LogP contribution < -0.4 is 5.19 Å². The Morgan fingerprint density at radius 3 is 2.18 bits per heavy atom. The normalized spacial score (nSPS) is 11.5. The molecule has 0 aliphatic heterocycles. The van der Waals surface area contributed by atoms with E-state index in [0.29, 0.717) is 0 Å². The van der Waals surface area contributed by atoms with Gasteiger partial charge in [-0.3, -0.25) is 0 Å². The van der Waals surface area contributed by atoms with Crippen LogP contribution in [-0.2, 0) is 0 Å². The average molecular weight is 207 g/mol. The summed E-state index contributed by atoms with van der Waals surface area (Å²) < 4.78 is 10.5. The highest BCUT2D eigenvalue weighted by Gasteiger charge is 2.23. The van der Waals surface area contributed by atoms with Gasteiger partial charge in [-0.15, -0.1) is 0 Å². The highest BCUT2D eigenvalue weighted by atomic mass is 35.5. The van der Waals surface area contributed by atoms with Gasteiger partial charge in [0.25, 0.3) is 0 Å². The second kappa shape index (κ2) is 3.56. The van der Waals surface area contributed by atoms with Crippen LogP contribution in [0.4, 0.5) is 4.39 Å². The van der Waals surface area contributed by atoms with E-state index in [9.17, 15) is 4.39 Å². The van der Waals surface area contributed by atoms with Crippen molar-refractivity contribution in [1.82, 2.24) is 0 Å². The summed E-state index contributed by atoms with van der Waals surface area (Å²) in [6.07, 6.45) is 0. The summed E-state index contributed by atoms with van der Waals surface area (Å²) in [4.78, 5) is 0. The molecule has 0 heterocycles. The molecule has 0 nitrogen and oxygen atoms in total. The van der Waals surface area contributed by atoms with Crippen LogP contribution in [0.1, 0.15) is 0 Å². The molecule has 0 fully saturated rings. The maximum Gasteiger partial charge on any atom is 0.239 e.